The number of carbonyl (C=O) groups excluding carboxylic acids is 2. The standard InChI is InChI=1S/C14H27N3O2/c1-3-9-16-13(19)11(2)17-12(18)10-14(15)7-5-4-6-8-14/h11H,3-10,15H2,1-2H3,(H,16,19)(H,17,18). The summed E-state index contributed by atoms with van der Waals surface area (Å²) in [6.45, 7) is 4.33. The van der Waals surface area contributed by atoms with E-state index in [-0.39, 0.29) is 17.4 Å². The third-order valence-corrected chi connectivity index (χ3v) is 3.68. The third kappa shape index (κ3) is 5.59. The van der Waals surface area contributed by atoms with Crippen molar-refractivity contribution in [2.24, 2.45) is 5.73 Å². The first-order chi connectivity index (χ1) is 8.97. The molecule has 0 aromatic carbocycles. The van der Waals surface area contributed by atoms with Crippen molar-refractivity contribution in [2.45, 2.75) is 70.4 Å². The molecule has 1 rings (SSSR count). The molecular formula is C14H27N3O2. The summed E-state index contributed by atoms with van der Waals surface area (Å²) < 4.78 is 0. The van der Waals surface area contributed by atoms with Crippen LogP contribution in [0.5, 0.6) is 0 Å². The van der Waals surface area contributed by atoms with Gasteiger partial charge in [0, 0.05) is 18.5 Å². The molecule has 1 atom stereocenters. The van der Waals surface area contributed by atoms with E-state index in [4.69, 9.17) is 5.73 Å². The maximum absolute atomic E-state index is 11.9. The molecule has 0 radical (unpaired) electrons. The Bertz CT molecular complexity index is 312. The Labute approximate surface area is 115 Å². The predicted molar refractivity (Wildman–Crippen MR) is 75.5 cm³/mol. The van der Waals surface area contributed by atoms with Crippen molar-refractivity contribution in [2.75, 3.05) is 6.54 Å². The summed E-state index contributed by atoms with van der Waals surface area (Å²) in [6, 6.07) is -0.494. The fraction of sp³-hybridized carbons (Fsp3) is 0.857. The normalized spacial score (nSPS) is 19.5. The van der Waals surface area contributed by atoms with Crippen LogP contribution in [-0.2, 0) is 9.59 Å². The summed E-state index contributed by atoms with van der Waals surface area (Å²) in [4.78, 5) is 23.6. The van der Waals surface area contributed by atoms with E-state index >= 15 is 0 Å². The number of rotatable bonds is 6. The zero-order valence-electron chi connectivity index (χ0n) is 12.1. The maximum Gasteiger partial charge on any atom is 0.242 e. The lowest BCUT2D eigenvalue weighted by atomic mass is 9.80. The van der Waals surface area contributed by atoms with Gasteiger partial charge in [-0.2, -0.15) is 0 Å². The van der Waals surface area contributed by atoms with Gasteiger partial charge in [-0.15, -0.1) is 0 Å². The molecule has 1 aliphatic carbocycles. The minimum absolute atomic E-state index is 0.122. The molecule has 0 aromatic heterocycles. The molecule has 0 spiro atoms. The van der Waals surface area contributed by atoms with Crippen molar-refractivity contribution in [3.63, 3.8) is 0 Å². The van der Waals surface area contributed by atoms with E-state index in [1.807, 2.05) is 6.92 Å². The van der Waals surface area contributed by atoms with Gasteiger partial charge < -0.3 is 16.4 Å². The van der Waals surface area contributed by atoms with Crippen molar-refractivity contribution in [3.05, 3.63) is 0 Å². The summed E-state index contributed by atoms with van der Waals surface area (Å²) in [5.41, 5.74) is 5.86. The zero-order valence-corrected chi connectivity index (χ0v) is 12.1. The predicted octanol–water partition coefficient (Wildman–Crippen LogP) is 1.07. The van der Waals surface area contributed by atoms with Crippen molar-refractivity contribution in [1.82, 2.24) is 10.6 Å². The average molecular weight is 269 g/mol. The lowest BCUT2D eigenvalue weighted by Gasteiger charge is -2.33. The van der Waals surface area contributed by atoms with Gasteiger partial charge in [-0.05, 0) is 26.2 Å². The molecule has 0 bridgehead atoms. The Balaban J connectivity index is 2.35. The molecule has 0 aromatic rings. The largest absolute Gasteiger partial charge is 0.354 e. The number of nitrogens with two attached hydrogens (primary N) is 1. The van der Waals surface area contributed by atoms with E-state index in [0.717, 1.165) is 32.1 Å². The number of hydrogen-bond donors (Lipinski definition) is 3. The molecule has 0 saturated heterocycles. The van der Waals surface area contributed by atoms with Crippen LogP contribution in [0, 0.1) is 0 Å². The zero-order chi connectivity index (χ0) is 14.3. The highest BCUT2D eigenvalue weighted by Crippen LogP contribution is 2.28. The van der Waals surface area contributed by atoms with Gasteiger partial charge in [0.2, 0.25) is 11.8 Å². The van der Waals surface area contributed by atoms with Crippen LogP contribution >= 0.6 is 0 Å². The Morgan fingerprint density at radius 2 is 1.89 bits per heavy atom. The molecule has 19 heavy (non-hydrogen) atoms. The van der Waals surface area contributed by atoms with Crippen LogP contribution in [0.25, 0.3) is 0 Å². The smallest absolute Gasteiger partial charge is 0.242 e. The van der Waals surface area contributed by atoms with Crippen molar-refractivity contribution >= 4 is 11.8 Å². The molecule has 1 aliphatic rings. The number of amides is 2. The maximum atomic E-state index is 11.9. The molecule has 0 aliphatic heterocycles. The van der Waals surface area contributed by atoms with Crippen molar-refractivity contribution in [3.8, 4) is 0 Å². The quantitative estimate of drug-likeness (QED) is 0.674. The monoisotopic (exact) mass is 269 g/mol. The summed E-state index contributed by atoms with van der Waals surface area (Å²) in [5, 5.41) is 5.50. The topological polar surface area (TPSA) is 84.2 Å². The van der Waals surface area contributed by atoms with E-state index < -0.39 is 6.04 Å². The SMILES string of the molecule is CCCNC(=O)C(C)NC(=O)CC1(N)CCCCC1. The first kappa shape index (κ1) is 16.0. The fourth-order valence-corrected chi connectivity index (χ4v) is 2.51. The van der Waals surface area contributed by atoms with Crippen LogP contribution < -0.4 is 16.4 Å². The highest BCUT2D eigenvalue weighted by molar-refractivity contribution is 5.87. The molecule has 1 unspecified atom stereocenters. The first-order valence-corrected chi connectivity index (χ1v) is 7.33. The Morgan fingerprint density at radius 1 is 1.26 bits per heavy atom. The van der Waals surface area contributed by atoms with Gasteiger partial charge in [0.25, 0.3) is 0 Å². The van der Waals surface area contributed by atoms with Crippen LogP contribution in [0.1, 0.15) is 58.8 Å². The van der Waals surface area contributed by atoms with E-state index in [0.29, 0.717) is 13.0 Å². The van der Waals surface area contributed by atoms with Crippen molar-refractivity contribution in [1.29, 1.82) is 0 Å². The van der Waals surface area contributed by atoms with Crippen LogP contribution in [0.2, 0.25) is 0 Å². The molecule has 5 nitrogen and oxygen atoms in total. The number of hydrogen-bond acceptors (Lipinski definition) is 3. The van der Waals surface area contributed by atoms with Gasteiger partial charge >= 0.3 is 0 Å². The second-order valence-electron chi connectivity index (χ2n) is 5.68. The molecule has 2 amide bonds. The van der Waals surface area contributed by atoms with Gasteiger partial charge in [0.15, 0.2) is 0 Å². The Morgan fingerprint density at radius 3 is 2.47 bits per heavy atom. The summed E-state index contributed by atoms with van der Waals surface area (Å²) in [5.74, 6) is -0.256. The molecule has 4 N–H and O–H groups in total. The van der Waals surface area contributed by atoms with Crippen molar-refractivity contribution < 1.29 is 9.59 Å². The minimum Gasteiger partial charge on any atom is -0.354 e. The Hall–Kier alpha value is -1.10. The molecule has 5 heteroatoms. The highest BCUT2D eigenvalue weighted by atomic mass is 16.2. The van der Waals surface area contributed by atoms with Crippen LogP contribution in [0.3, 0.4) is 0 Å². The van der Waals surface area contributed by atoms with Crippen LogP contribution in [0.4, 0.5) is 0 Å². The van der Waals surface area contributed by atoms with Gasteiger partial charge in [-0.3, -0.25) is 9.59 Å². The average Bonchev–Trinajstić information content (AvgIpc) is 2.35. The first-order valence-electron chi connectivity index (χ1n) is 7.33. The molecule has 1 fully saturated rings. The van der Waals surface area contributed by atoms with Gasteiger partial charge in [-0.1, -0.05) is 26.2 Å². The lowest BCUT2D eigenvalue weighted by molar-refractivity contribution is -0.129. The molecular weight excluding hydrogens is 242 g/mol. The third-order valence-electron chi connectivity index (χ3n) is 3.68. The second-order valence-corrected chi connectivity index (χ2v) is 5.68. The van der Waals surface area contributed by atoms with E-state index in [1.165, 1.54) is 6.42 Å². The lowest BCUT2D eigenvalue weighted by Crippen LogP contribution is -2.50. The van der Waals surface area contributed by atoms with E-state index in [2.05, 4.69) is 10.6 Å². The van der Waals surface area contributed by atoms with Gasteiger partial charge in [-0.25, -0.2) is 0 Å². The highest BCUT2D eigenvalue weighted by Gasteiger charge is 2.30. The van der Waals surface area contributed by atoms with E-state index in [9.17, 15) is 9.59 Å². The second kappa shape index (κ2) is 7.48. The minimum atomic E-state index is -0.494. The van der Waals surface area contributed by atoms with Crippen LogP contribution in [0.15, 0.2) is 0 Å². The van der Waals surface area contributed by atoms with Gasteiger partial charge in [0.1, 0.15) is 6.04 Å². The fourth-order valence-electron chi connectivity index (χ4n) is 2.51. The molecule has 110 valence electrons. The summed E-state index contributed by atoms with van der Waals surface area (Å²) in [7, 11) is 0. The molecule has 0 heterocycles. The van der Waals surface area contributed by atoms with Gasteiger partial charge in [0.05, 0.1) is 0 Å². The summed E-state index contributed by atoms with van der Waals surface area (Å²) >= 11 is 0. The molecule has 1 saturated carbocycles. The Kier molecular flexibility index (Phi) is 6.28. The number of carbonyl (C=O) groups is 2. The summed E-state index contributed by atoms with van der Waals surface area (Å²) in [6.07, 6.45) is 6.40. The van der Waals surface area contributed by atoms with E-state index in [1.54, 1.807) is 6.92 Å². The van der Waals surface area contributed by atoms with Crippen LogP contribution in [-0.4, -0.2) is 29.9 Å². The number of nitrogens with one attached hydrogen (secondary N) is 2.